The van der Waals surface area contributed by atoms with Gasteiger partial charge in [-0.25, -0.2) is 9.07 Å². The highest BCUT2D eigenvalue weighted by Gasteiger charge is 2.22. The fourth-order valence-electron chi connectivity index (χ4n) is 3.80. The summed E-state index contributed by atoms with van der Waals surface area (Å²) < 4.78 is 14.8. The van der Waals surface area contributed by atoms with Crippen LogP contribution in [0.5, 0.6) is 0 Å². The van der Waals surface area contributed by atoms with Gasteiger partial charge in [0.2, 0.25) is 0 Å². The van der Waals surface area contributed by atoms with E-state index in [2.05, 4.69) is 22.6 Å². The van der Waals surface area contributed by atoms with Crippen LogP contribution in [0.3, 0.4) is 0 Å². The average Bonchev–Trinajstić information content (AvgIpc) is 3.20. The zero-order valence-electron chi connectivity index (χ0n) is 16.7. The van der Waals surface area contributed by atoms with Crippen molar-refractivity contribution < 1.29 is 19.0 Å². The van der Waals surface area contributed by atoms with Crippen molar-refractivity contribution in [1.29, 1.82) is 0 Å². The first kappa shape index (κ1) is 20.4. The molecule has 2 aromatic rings. The number of rotatable bonds is 8. The number of carbonyl (C=O) groups is 1. The minimum Gasteiger partial charge on any atom is -0.345 e. The van der Waals surface area contributed by atoms with E-state index in [1.807, 2.05) is 6.92 Å². The number of hydrogen-bond acceptors (Lipinski definition) is 3. The second-order valence-corrected chi connectivity index (χ2v) is 7.42. The van der Waals surface area contributed by atoms with Crippen LogP contribution in [0.15, 0.2) is 30.5 Å². The zero-order chi connectivity index (χ0) is 19.9. The molecule has 3 rings (SSSR count). The number of nitrogens with one attached hydrogen (secondary N) is 3. The summed E-state index contributed by atoms with van der Waals surface area (Å²) in [5, 5.41) is 11.1. The molecule has 7 nitrogen and oxygen atoms in total. The molecule has 1 atom stereocenters. The van der Waals surface area contributed by atoms with Crippen LogP contribution < -0.4 is 15.1 Å². The Morgan fingerprint density at radius 1 is 1.18 bits per heavy atom. The Kier molecular flexibility index (Phi) is 7.11. The van der Waals surface area contributed by atoms with Gasteiger partial charge in [0.15, 0.2) is 5.69 Å². The van der Waals surface area contributed by atoms with Gasteiger partial charge in [-0.05, 0) is 31.0 Å². The van der Waals surface area contributed by atoms with E-state index in [1.54, 1.807) is 32.8 Å². The van der Waals surface area contributed by atoms with Gasteiger partial charge >= 0.3 is 0 Å². The van der Waals surface area contributed by atoms with E-state index in [-0.39, 0.29) is 17.8 Å². The van der Waals surface area contributed by atoms with Gasteiger partial charge in [-0.2, -0.15) is 0 Å². The number of benzene rings is 1. The maximum absolute atomic E-state index is 13.2. The van der Waals surface area contributed by atoms with Crippen LogP contribution in [-0.4, -0.2) is 66.7 Å². The first-order valence-electron chi connectivity index (χ1n) is 10.2. The molecule has 1 amide bonds. The lowest BCUT2D eigenvalue weighted by Gasteiger charge is -2.28. The molecule has 8 heteroatoms. The fourth-order valence-corrected chi connectivity index (χ4v) is 3.80. The van der Waals surface area contributed by atoms with Crippen molar-refractivity contribution in [3.8, 4) is 0 Å². The van der Waals surface area contributed by atoms with Gasteiger partial charge in [-0.15, -0.1) is 5.10 Å². The second-order valence-electron chi connectivity index (χ2n) is 7.42. The number of piperazine rings is 1. The van der Waals surface area contributed by atoms with Gasteiger partial charge in [0, 0.05) is 0 Å². The molecule has 1 fully saturated rings. The summed E-state index contributed by atoms with van der Waals surface area (Å²) in [6.45, 7) is 11.7. The number of quaternary nitrogens is 2. The molecule has 0 aliphatic carbocycles. The van der Waals surface area contributed by atoms with Crippen molar-refractivity contribution >= 4 is 5.91 Å². The quantitative estimate of drug-likeness (QED) is 0.539. The third-order valence-electron chi connectivity index (χ3n) is 5.63. The number of carbonyl (C=O) groups excluding carboxylic acids is 1. The van der Waals surface area contributed by atoms with E-state index >= 15 is 0 Å². The molecule has 1 saturated heterocycles. The van der Waals surface area contributed by atoms with Crippen molar-refractivity contribution in [2.45, 2.75) is 26.3 Å². The molecule has 1 aromatic carbocycles. The smallest absolute Gasteiger partial charge is 0.273 e. The summed E-state index contributed by atoms with van der Waals surface area (Å²) in [6, 6.07) is 6.29. The number of nitrogens with zero attached hydrogens (tertiary/aromatic N) is 3. The first-order valence-corrected chi connectivity index (χ1v) is 10.2. The van der Waals surface area contributed by atoms with Crippen molar-refractivity contribution in [3.05, 3.63) is 47.5 Å². The molecule has 2 heterocycles. The Morgan fingerprint density at radius 3 is 2.50 bits per heavy atom. The van der Waals surface area contributed by atoms with E-state index in [0.29, 0.717) is 12.2 Å². The van der Waals surface area contributed by atoms with Crippen LogP contribution >= 0.6 is 0 Å². The topological polar surface area (TPSA) is 68.7 Å². The second kappa shape index (κ2) is 9.75. The normalized spacial score (nSPS) is 20.7. The van der Waals surface area contributed by atoms with Gasteiger partial charge < -0.3 is 15.1 Å². The largest absolute Gasteiger partial charge is 0.345 e. The van der Waals surface area contributed by atoms with Crippen LogP contribution in [0.25, 0.3) is 0 Å². The SMILES string of the molecule is CC[C@@H](c1ccc(F)cc1)n1cc(C(=O)NCC[NH+]2CC[NH+](CC)CC2)nn1. The number of aromatic nitrogens is 3. The summed E-state index contributed by atoms with van der Waals surface area (Å²) >= 11 is 0. The number of amides is 1. The highest BCUT2D eigenvalue weighted by Crippen LogP contribution is 2.21. The molecule has 0 saturated carbocycles. The van der Waals surface area contributed by atoms with Crippen LogP contribution in [0, 0.1) is 5.82 Å². The molecule has 1 aliphatic heterocycles. The van der Waals surface area contributed by atoms with E-state index in [9.17, 15) is 9.18 Å². The maximum Gasteiger partial charge on any atom is 0.273 e. The predicted molar refractivity (Wildman–Crippen MR) is 104 cm³/mol. The van der Waals surface area contributed by atoms with Crippen LogP contribution in [0.2, 0.25) is 0 Å². The molecule has 1 aliphatic rings. The Labute approximate surface area is 165 Å². The average molecular weight is 391 g/mol. The lowest BCUT2D eigenvalue weighted by Crippen LogP contribution is -3.28. The summed E-state index contributed by atoms with van der Waals surface area (Å²) in [4.78, 5) is 15.6. The fraction of sp³-hybridized carbons (Fsp3) is 0.550. The highest BCUT2D eigenvalue weighted by molar-refractivity contribution is 5.91. The van der Waals surface area contributed by atoms with Gasteiger partial charge in [0.1, 0.15) is 32.0 Å². The van der Waals surface area contributed by atoms with Crippen LogP contribution in [0.1, 0.15) is 42.4 Å². The van der Waals surface area contributed by atoms with Gasteiger partial charge in [-0.3, -0.25) is 4.79 Å². The third-order valence-corrected chi connectivity index (χ3v) is 5.63. The summed E-state index contributed by atoms with van der Waals surface area (Å²) in [5.74, 6) is -0.464. The van der Waals surface area contributed by atoms with Crippen molar-refractivity contribution in [1.82, 2.24) is 20.3 Å². The first-order chi connectivity index (χ1) is 13.6. The molecule has 0 bridgehead atoms. The highest BCUT2D eigenvalue weighted by atomic mass is 19.1. The van der Waals surface area contributed by atoms with Crippen molar-refractivity contribution in [3.63, 3.8) is 0 Å². The number of hydrogen-bond donors (Lipinski definition) is 3. The molecular weight excluding hydrogens is 359 g/mol. The molecule has 1 aromatic heterocycles. The number of likely N-dealkylation sites (N-methyl/N-ethyl adjacent to an activating group) is 1. The third kappa shape index (κ3) is 5.14. The van der Waals surface area contributed by atoms with Gasteiger partial charge in [0.05, 0.1) is 31.9 Å². The standard InChI is InChI=1S/C20H29FN6O/c1-3-19(16-5-7-17(21)8-6-16)27-15-18(23-24-27)20(28)22-9-10-26-13-11-25(4-2)12-14-26/h5-8,15,19H,3-4,9-14H2,1-2H3,(H,22,28)/p+2/t19-/m0/s1. The van der Waals surface area contributed by atoms with Gasteiger partial charge in [-0.1, -0.05) is 24.3 Å². The Hall–Kier alpha value is -2.32. The Morgan fingerprint density at radius 2 is 1.86 bits per heavy atom. The van der Waals surface area contributed by atoms with Gasteiger partial charge in [0.25, 0.3) is 5.91 Å². The molecular formula is C20H31FN6O+2. The van der Waals surface area contributed by atoms with E-state index in [0.717, 1.165) is 31.6 Å². The summed E-state index contributed by atoms with van der Waals surface area (Å²) in [7, 11) is 0. The van der Waals surface area contributed by atoms with E-state index in [1.165, 1.54) is 31.8 Å². The van der Waals surface area contributed by atoms with Crippen molar-refractivity contribution in [2.24, 2.45) is 0 Å². The lowest BCUT2D eigenvalue weighted by atomic mass is 10.0. The van der Waals surface area contributed by atoms with E-state index < -0.39 is 0 Å². The number of halogens is 1. The molecule has 0 radical (unpaired) electrons. The predicted octanol–water partition coefficient (Wildman–Crippen LogP) is -1.05. The Balaban J connectivity index is 1.51. The van der Waals surface area contributed by atoms with Crippen LogP contribution in [0.4, 0.5) is 4.39 Å². The minimum atomic E-state index is -0.267. The maximum atomic E-state index is 13.2. The molecule has 28 heavy (non-hydrogen) atoms. The lowest BCUT2D eigenvalue weighted by molar-refractivity contribution is -1.01. The Bertz CT molecular complexity index is 754. The molecule has 0 unspecified atom stereocenters. The van der Waals surface area contributed by atoms with Crippen molar-refractivity contribution in [2.75, 3.05) is 45.8 Å². The van der Waals surface area contributed by atoms with Crippen LogP contribution in [-0.2, 0) is 0 Å². The monoisotopic (exact) mass is 390 g/mol. The molecule has 0 spiro atoms. The zero-order valence-corrected chi connectivity index (χ0v) is 16.7. The molecule has 152 valence electrons. The molecule has 3 N–H and O–H groups in total. The summed E-state index contributed by atoms with van der Waals surface area (Å²) in [5.41, 5.74) is 1.26. The van der Waals surface area contributed by atoms with E-state index in [4.69, 9.17) is 0 Å². The summed E-state index contributed by atoms with van der Waals surface area (Å²) in [6.07, 6.45) is 2.44. The minimum absolute atomic E-state index is 0.0727.